The average molecular weight is 442 g/mol. The molecule has 1 fully saturated rings. The van der Waals surface area contributed by atoms with Crippen molar-refractivity contribution >= 4 is 17.2 Å². The summed E-state index contributed by atoms with van der Waals surface area (Å²) in [5.41, 5.74) is 2.70. The van der Waals surface area contributed by atoms with Crippen molar-refractivity contribution in [1.29, 1.82) is 0 Å². The minimum absolute atomic E-state index is 0.0617. The molecule has 2 heterocycles. The van der Waals surface area contributed by atoms with E-state index in [1.807, 2.05) is 25.1 Å². The summed E-state index contributed by atoms with van der Waals surface area (Å²) in [5, 5.41) is 4.09. The van der Waals surface area contributed by atoms with Gasteiger partial charge in [-0.1, -0.05) is 36.4 Å². The van der Waals surface area contributed by atoms with Gasteiger partial charge in [0.1, 0.15) is 4.88 Å². The number of halogens is 2. The molecule has 1 amide bonds. The second-order valence-electron chi connectivity index (χ2n) is 7.96. The summed E-state index contributed by atoms with van der Waals surface area (Å²) in [6, 6.07) is 14.3. The zero-order valence-electron chi connectivity index (χ0n) is 17.4. The van der Waals surface area contributed by atoms with Crippen molar-refractivity contribution < 1.29 is 13.6 Å². The Kier molecular flexibility index (Phi) is 6.73. The maximum atomic E-state index is 13.4. The topological polar surface area (TPSA) is 45.2 Å². The number of hydrogen-bond acceptors (Lipinski definition) is 4. The van der Waals surface area contributed by atoms with Crippen LogP contribution in [0.25, 0.3) is 0 Å². The first-order valence-electron chi connectivity index (χ1n) is 10.5. The molecule has 4 rings (SSSR count). The fourth-order valence-corrected chi connectivity index (χ4v) is 4.89. The Bertz CT molecular complexity index is 1050. The zero-order valence-corrected chi connectivity index (χ0v) is 18.2. The SMILES string of the molecule is Cc1nc(Cc2ccccc2)sc1C(=O)NC1CCN(Cc2ccc(F)c(F)c2)CC1. The van der Waals surface area contributed by atoms with Gasteiger partial charge in [0.05, 0.1) is 10.7 Å². The average Bonchev–Trinajstić information content (AvgIpc) is 3.13. The van der Waals surface area contributed by atoms with Crippen molar-refractivity contribution in [2.24, 2.45) is 0 Å². The Morgan fingerprint density at radius 2 is 1.84 bits per heavy atom. The van der Waals surface area contributed by atoms with Gasteiger partial charge in [-0.2, -0.15) is 0 Å². The molecule has 1 N–H and O–H groups in total. The predicted octanol–water partition coefficient (Wildman–Crippen LogP) is 4.71. The van der Waals surface area contributed by atoms with Gasteiger partial charge in [-0.05, 0) is 43.0 Å². The highest BCUT2D eigenvalue weighted by Gasteiger charge is 2.23. The van der Waals surface area contributed by atoms with E-state index >= 15 is 0 Å². The summed E-state index contributed by atoms with van der Waals surface area (Å²) in [4.78, 5) is 20.3. The van der Waals surface area contributed by atoms with Crippen LogP contribution in [-0.4, -0.2) is 34.9 Å². The number of amides is 1. The van der Waals surface area contributed by atoms with E-state index < -0.39 is 11.6 Å². The molecule has 1 saturated heterocycles. The molecule has 1 aliphatic rings. The van der Waals surface area contributed by atoms with Gasteiger partial charge in [0.25, 0.3) is 5.91 Å². The maximum absolute atomic E-state index is 13.4. The Balaban J connectivity index is 1.29. The number of hydrogen-bond donors (Lipinski definition) is 1. The van der Waals surface area contributed by atoms with Crippen LogP contribution < -0.4 is 5.32 Å². The van der Waals surface area contributed by atoms with E-state index in [0.717, 1.165) is 48.6 Å². The molecule has 0 bridgehead atoms. The largest absolute Gasteiger partial charge is 0.348 e. The van der Waals surface area contributed by atoms with Crippen LogP contribution in [0.15, 0.2) is 48.5 Å². The fourth-order valence-electron chi connectivity index (χ4n) is 3.89. The molecule has 162 valence electrons. The molecule has 4 nitrogen and oxygen atoms in total. The normalized spacial score (nSPS) is 15.2. The molecule has 0 aliphatic carbocycles. The third kappa shape index (κ3) is 5.54. The summed E-state index contributed by atoms with van der Waals surface area (Å²) in [6.07, 6.45) is 2.37. The molecule has 7 heteroatoms. The lowest BCUT2D eigenvalue weighted by molar-refractivity contribution is 0.0912. The van der Waals surface area contributed by atoms with Gasteiger partial charge in [0.2, 0.25) is 0 Å². The van der Waals surface area contributed by atoms with Crippen LogP contribution in [0.4, 0.5) is 8.78 Å². The Morgan fingerprint density at radius 1 is 1.10 bits per heavy atom. The first kappa shape index (κ1) is 21.6. The van der Waals surface area contributed by atoms with Crippen molar-refractivity contribution in [2.75, 3.05) is 13.1 Å². The zero-order chi connectivity index (χ0) is 21.8. The molecular formula is C24H25F2N3OS. The smallest absolute Gasteiger partial charge is 0.263 e. The van der Waals surface area contributed by atoms with E-state index in [0.29, 0.717) is 11.4 Å². The third-order valence-corrected chi connectivity index (χ3v) is 6.71. The van der Waals surface area contributed by atoms with Crippen LogP contribution in [0.3, 0.4) is 0 Å². The molecule has 0 spiro atoms. The van der Waals surface area contributed by atoms with Crippen molar-refractivity contribution in [3.05, 3.63) is 86.9 Å². The van der Waals surface area contributed by atoms with Crippen LogP contribution in [0.2, 0.25) is 0 Å². The number of nitrogens with one attached hydrogen (secondary N) is 1. The molecular weight excluding hydrogens is 416 g/mol. The fraction of sp³-hybridized carbons (Fsp3) is 0.333. The van der Waals surface area contributed by atoms with Crippen LogP contribution in [0, 0.1) is 18.6 Å². The quantitative estimate of drug-likeness (QED) is 0.602. The minimum atomic E-state index is -0.824. The van der Waals surface area contributed by atoms with Crippen molar-refractivity contribution in [3.8, 4) is 0 Å². The molecule has 1 aliphatic heterocycles. The highest BCUT2D eigenvalue weighted by Crippen LogP contribution is 2.22. The number of piperidine rings is 1. The van der Waals surface area contributed by atoms with Gasteiger partial charge in [-0.25, -0.2) is 13.8 Å². The maximum Gasteiger partial charge on any atom is 0.263 e. The first-order valence-corrected chi connectivity index (χ1v) is 11.3. The molecule has 0 saturated carbocycles. The second kappa shape index (κ2) is 9.66. The van der Waals surface area contributed by atoms with Crippen LogP contribution in [-0.2, 0) is 13.0 Å². The Morgan fingerprint density at radius 3 is 2.55 bits per heavy atom. The Hall–Kier alpha value is -2.64. The summed E-state index contributed by atoms with van der Waals surface area (Å²) < 4.78 is 26.5. The third-order valence-electron chi connectivity index (χ3n) is 5.56. The lowest BCUT2D eigenvalue weighted by Gasteiger charge is -2.32. The summed E-state index contributed by atoms with van der Waals surface area (Å²) in [6.45, 7) is 4.05. The number of carbonyl (C=O) groups excluding carboxylic acids is 1. The number of likely N-dealkylation sites (tertiary alicyclic amines) is 1. The highest BCUT2D eigenvalue weighted by molar-refractivity contribution is 7.13. The standard InChI is InChI=1S/C24H25F2N3OS/c1-16-23(31-22(27-16)14-17-5-3-2-4-6-17)24(30)28-19-9-11-29(12-10-19)15-18-7-8-20(25)21(26)13-18/h2-8,13,19H,9-12,14-15H2,1H3,(H,28,30). The molecule has 0 radical (unpaired) electrons. The highest BCUT2D eigenvalue weighted by atomic mass is 32.1. The van der Waals surface area contributed by atoms with E-state index in [4.69, 9.17) is 0 Å². The van der Waals surface area contributed by atoms with Gasteiger partial charge in [0, 0.05) is 32.1 Å². The van der Waals surface area contributed by atoms with Gasteiger partial charge < -0.3 is 5.32 Å². The van der Waals surface area contributed by atoms with E-state index in [1.165, 1.54) is 29.0 Å². The monoisotopic (exact) mass is 441 g/mol. The van der Waals surface area contributed by atoms with E-state index in [-0.39, 0.29) is 11.9 Å². The minimum Gasteiger partial charge on any atom is -0.348 e. The summed E-state index contributed by atoms with van der Waals surface area (Å²) >= 11 is 1.46. The van der Waals surface area contributed by atoms with Crippen molar-refractivity contribution in [2.45, 2.75) is 38.8 Å². The van der Waals surface area contributed by atoms with Gasteiger partial charge in [-0.15, -0.1) is 11.3 Å². The second-order valence-corrected chi connectivity index (χ2v) is 9.04. The van der Waals surface area contributed by atoms with Gasteiger partial charge in [0.15, 0.2) is 11.6 Å². The number of aromatic nitrogens is 1. The predicted molar refractivity (Wildman–Crippen MR) is 118 cm³/mol. The number of thiazole rings is 1. The number of rotatable bonds is 6. The van der Waals surface area contributed by atoms with Crippen molar-refractivity contribution in [3.63, 3.8) is 0 Å². The molecule has 31 heavy (non-hydrogen) atoms. The van der Waals surface area contributed by atoms with E-state index in [2.05, 4.69) is 27.3 Å². The molecule has 2 aromatic carbocycles. The molecule has 1 aromatic heterocycles. The molecule has 3 aromatic rings. The summed E-state index contributed by atoms with van der Waals surface area (Å²) in [7, 11) is 0. The number of carbonyl (C=O) groups is 1. The molecule has 0 atom stereocenters. The van der Waals surface area contributed by atoms with Crippen LogP contribution in [0.5, 0.6) is 0 Å². The summed E-state index contributed by atoms with van der Waals surface area (Å²) in [5.74, 6) is -1.70. The number of benzene rings is 2. The van der Waals surface area contributed by atoms with Crippen LogP contribution >= 0.6 is 11.3 Å². The number of aryl methyl sites for hydroxylation is 1. The lowest BCUT2D eigenvalue weighted by Crippen LogP contribution is -2.44. The van der Waals surface area contributed by atoms with Crippen molar-refractivity contribution in [1.82, 2.24) is 15.2 Å². The lowest BCUT2D eigenvalue weighted by atomic mass is 10.0. The number of nitrogens with zero attached hydrogens (tertiary/aromatic N) is 2. The first-order chi connectivity index (χ1) is 15.0. The van der Waals surface area contributed by atoms with Gasteiger partial charge >= 0.3 is 0 Å². The molecule has 0 unspecified atom stereocenters. The van der Waals surface area contributed by atoms with E-state index in [1.54, 1.807) is 6.07 Å². The van der Waals surface area contributed by atoms with Crippen LogP contribution in [0.1, 0.15) is 44.3 Å². The Labute approximate surface area is 184 Å². The van der Waals surface area contributed by atoms with Gasteiger partial charge in [-0.3, -0.25) is 9.69 Å². The van der Waals surface area contributed by atoms with E-state index in [9.17, 15) is 13.6 Å².